The van der Waals surface area contributed by atoms with E-state index < -0.39 is 24.8 Å². The van der Waals surface area contributed by atoms with Gasteiger partial charge in [0, 0.05) is 79.1 Å². The van der Waals surface area contributed by atoms with Gasteiger partial charge in [-0.1, -0.05) is 297 Å². The Balaban J connectivity index is 1.02. The molecule has 0 radical (unpaired) electrons. The molecule has 2 aliphatic heterocycles. The molecule has 0 amide bonds. The largest absolute Gasteiger partial charge is 0.310 e. The zero-order valence-electron chi connectivity index (χ0n) is 57.9. The fourth-order valence-corrected chi connectivity index (χ4v) is 14.9. The second kappa shape index (κ2) is 24.3. The minimum absolute atomic E-state index is 0.0907. The number of hydrogen-bond donors (Lipinski definition) is 0. The minimum atomic E-state index is -0.477. The number of hydrogen-bond acceptors (Lipinski definition) is 4. The molecule has 0 saturated carbocycles. The number of benzene rings is 16. The van der Waals surface area contributed by atoms with Gasteiger partial charge in [0.2, 0.25) is 0 Å². The summed E-state index contributed by atoms with van der Waals surface area (Å²) >= 11 is 0. The van der Waals surface area contributed by atoms with E-state index >= 15 is 0 Å². The highest BCUT2D eigenvalue weighted by atomic mass is 15.2. The second-order valence-electron chi connectivity index (χ2n) is 24.8. The summed E-state index contributed by atoms with van der Waals surface area (Å²) in [5, 5.41) is 4.50. The first-order valence-electron chi connectivity index (χ1n) is 35.5. The Kier molecular flexibility index (Phi) is 13.0. The third-order valence-electron chi connectivity index (χ3n) is 19.2. The number of rotatable bonds is 13. The number of nitrogens with zero attached hydrogens (tertiary/aromatic N) is 4. The van der Waals surface area contributed by atoms with Gasteiger partial charge in [-0.05, 0) is 156 Å². The lowest BCUT2D eigenvalue weighted by Gasteiger charge is -2.46. The van der Waals surface area contributed by atoms with Crippen LogP contribution in [0.4, 0.5) is 68.2 Å². The van der Waals surface area contributed by atoms with Crippen LogP contribution in [-0.2, 0) is 0 Å². The molecule has 0 spiro atoms. The average Bonchev–Trinajstić information content (AvgIpc) is 0.686. The van der Waals surface area contributed by atoms with E-state index in [1.165, 1.54) is 0 Å². The highest BCUT2D eigenvalue weighted by Gasteiger charge is 2.46. The van der Waals surface area contributed by atoms with E-state index in [1.807, 2.05) is 0 Å². The molecule has 16 aromatic rings. The van der Waals surface area contributed by atoms with Crippen molar-refractivity contribution < 1.29 is 6.85 Å². The fourth-order valence-electron chi connectivity index (χ4n) is 14.9. The predicted molar refractivity (Wildman–Crippen MR) is 412 cm³/mol. The molecule has 97 heavy (non-hydrogen) atoms. The standard InChI is InChI=1S/C92H63BN4/c1-8-28-64(29-9-1)73-60-88-90-89(61-73)97(92-82(69-36-14-4-15-37-69)48-27-49-83(92)70-38-16-5-17-39-70)87-63-79(95(75-44-20-7-21-45-75)77-53-51-66-31-23-25-41-72(66)59-77)55-57-85(87)93(90)84-56-54-78(94(74-42-18-6-19-43-74)76-52-50-65-30-22-24-40-71(65)58-76)62-86(84)96(88)91-80(67-32-10-2-11-33-67)46-26-47-81(91)68-34-12-3-13-35-68/h1-63H/i1D,8D,9D,28D,29D. The van der Waals surface area contributed by atoms with E-state index in [-0.39, 0.29) is 17.6 Å². The first-order valence-corrected chi connectivity index (χ1v) is 33.0. The topological polar surface area (TPSA) is 13.0 Å². The Morgan fingerprint density at radius 1 is 0.237 bits per heavy atom. The molecule has 5 heteroatoms. The van der Waals surface area contributed by atoms with Crippen molar-refractivity contribution in [1.82, 2.24) is 0 Å². The quantitative estimate of drug-likeness (QED) is 0.107. The van der Waals surface area contributed by atoms with E-state index in [9.17, 15) is 5.48 Å². The maximum absolute atomic E-state index is 10.0. The SMILES string of the molecule is [2H]c1c([2H])c([2H])c(-c2cc3c4c(c2)N(c2c(-c5ccccc5)cccc2-c2ccccc2)c2cc(N(c5ccccc5)c5ccc6ccccc6c5)ccc2B4c2ccc(N(c4ccccc4)c4ccc5ccccc5c4)cc2N3c2c(-c3ccccc3)cccc2-c2ccccc2)c([2H])c1[2H]. The minimum Gasteiger partial charge on any atom is -0.310 e. The smallest absolute Gasteiger partial charge is 0.252 e. The lowest BCUT2D eigenvalue weighted by molar-refractivity contribution is 1.23. The molecule has 0 saturated heterocycles. The van der Waals surface area contributed by atoms with Crippen molar-refractivity contribution in [3.63, 3.8) is 0 Å². The van der Waals surface area contributed by atoms with Crippen molar-refractivity contribution in [3.8, 4) is 55.6 Å². The van der Waals surface area contributed by atoms with Crippen molar-refractivity contribution in [2.24, 2.45) is 0 Å². The van der Waals surface area contributed by atoms with Gasteiger partial charge in [-0.3, -0.25) is 0 Å². The van der Waals surface area contributed by atoms with Crippen LogP contribution in [0.25, 0.3) is 77.2 Å². The van der Waals surface area contributed by atoms with Gasteiger partial charge in [0.1, 0.15) is 0 Å². The van der Waals surface area contributed by atoms with Crippen LogP contribution in [0, 0.1) is 0 Å². The van der Waals surface area contributed by atoms with E-state index in [1.54, 1.807) is 0 Å². The van der Waals surface area contributed by atoms with E-state index in [2.05, 4.69) is 371 Å². The highest BCUT2D eigenvalue weighted by molar-refractivity contribution is 7.00. The Bertz CT molecular complexity index is 5460. The molecule has 0 aliphatic carbocycles. The van der Waals surface area contributed by atoms with Gasteiger partial charge in [0.25, 0.3) is 6.71 Å². The van der Waals surface area contributed by atoms with Crippen molar-refractivity contribution in [2.75, 3.05) is 19.6 Å². The van der Waals surface area contributed by atoms with Crippen molar-refractivity contribution in [1.29, 1.82) is 0 Å². The number of anilines is 12. The van der Waals surface area contributed by atoms with Gasteiger partial charge in [-0.25, -0.2) is 0 Å². The van der Waals surface area contributed by atoms with Gasteiger partial charge in [0.05, 0.1) is 18.2 Å². The predicted octanol–water partition coefficient (Wildman–Crippen LogP) is 23.4. The summed E-state index contributed by atoms with van der Waals surface area (Å²) < 4.78 is 47.9. The molecule has 0 bridgehead atoms. The molecule has 454 valence electrons. The molecule has 0 fully saturated rings. The Morgan fingerprint density at radius 3 is 0.948 bits per heavy atom. The summed E-state index contributed by atoms with van der Waals surface area (Å²) in [7, 11) is 0. The summed E-state index contributed by atoms with van der Waals surface area (Å²) in [6, 6.07) is 123. The van der Waals surface area contributed by atoms with Crippen molar-refractivity contribution in [3.05, 3.63) is 382 Å². The third-order valence-corrected chi connectivity index (χ3v) is 19.2. The summed E-state index contributed by atoms with van der Waals surface area (Å²) in [6.45, 7) is -0.477. The Morgan fingerprint density at radius 2 is 0.567 bits per heavy atom. The summed E-state index contributed by atoms with van der Waals surface area (Å²) in [6.07, 6.45) is 0. The van der Waals surface area contributed by atoms with Crippen molar-refractivity contribution in [2.45, 2.75) is 0 Å². The first-order chi connectivity index (χ1) is 50.2. The molecule has 2 heterocycles. The molecule has 18 rings (SSSR count). The van der Waals surface area contributed by atoms with Crippen LogP contribution in [-0.4, -0.2) is 6.71 Å². The summed E-state index contributed by atoms with van der Waals surface area (Å²) in [5.74, 6) is 0. The van der Waals surface area contributed by atoms with E-state index in [4.69, 9.17) is 1.37 Å². The van der Waals surface area contributed by atoms with Gasteiger partial charge >= 0.3 is 0 Å². The van der Waals surface area contributed by atoms with Crippen molar-refractivity contribution >= 4 is 113 Å². The maximum atomic E-state index is 10.0. The van der Waals surface area contributed by atoms with Gasteiger partial charge in [-0.15, -0.1) is 0 Å². The fraction of sp³-hybridized carbons (Fsp3) is 0. The summed E-state index contributed by atoms with van der Waals surface area (Å²) in [5.41, 5.74) is 22.4. The van der Waals surface area contributed by atoms with E-state index in [0.29, 0.717) is 5.56 Å². The monoisotopic (exact) mass is 1240 g/mol. The number of para-hydroxylation sites is 4. The molecule has 4 nitrogen and oxygen atoms in total. The lowest BCUT2D eigenvalue weighted by Crippen LogP contribution is -2.61. The Labute approximate surface area is 573 Å². The maximum Gasteiger partial charge on any atom is 0.252 e. The molecule has 2 aliphatic rings. The molecule has 16 aromatic carbocycles. The van der Waals surface area contributed by atoms with Crippen LogP contribution in [0.15, 0.2) is 382 Å². The first kappa shape index (κ1) is 51.8. The molecular weight excluding hydrogens is 1170 g/mol. The van der Waals surface area contributed by atoms with Crippen LogP contribution < -0.4 is 36.0 Å². The summed E-state index contributed by atoms with van der Waals surface area (Å²) in [4.78, 5) is 9.57. The second-order valence-corrected chi connectivity index (χ2v) is 24.8. The normalized spacial score (nSPS) is 12.8. The van der Waals surface area contributed by atoms with Crippen LogP contribution in [0.1, 0.15) is 6.85 Å². The molecular formula is C92H63BN4. The van der Waals surface area contributed by atoms with Crippen LogP contribution in [0.2, 0.25) is 0 Å². The molecule has 0 atom stereocenters. The average molecular weight is 1240 g/mol. The highest BCUT2D eigenvalue weighted by Crippen LogP contribution is 2.55. The van der Waals surface area contributed by atoms with Crippen LogP contribution >= 0.6 is 0 Å². The Hall–Kier alpha value is -12.7. The number of fused-ring (bicyclic) bond motifs is 6. The van der Waals surface area contributed by atoms with Crippen LogP contribution in [0.5, 0.6) is 0 Å². The van der Waals surface area contributed by atoms with Gasteiger partial charge < -0.3 is 19.6 Å². The molecule has 0 unspecified atom stereocenters. The van der Waals surface area contributed by atoms with Crippen LogP contribution in [0.3, 0.4) is 0 Å². The zero-order valence-corrected chi connectivity index (χ0v) is 52.9. The van der Waals surface area contributed by atoms with Gasteiger partial charge in [0.15, 0.2) is 0 Å². The zero-order chi connectivity index (χ0) is 68.5. The van der Waals surface area contributed by atoms with Gasteiger partial charge in [-0.2, -0.15) is 0 Å². The lowest BCUT2D eigenvalue weighted by atomic mass is 9.33. The molecule has 0 N–H and O–H groups in total. The molecule has 0 aromatic heterocycles. The third kappa shape index (κ3) is 10.1. The van der Waals surface area contributed by atoms with E-state index in [0.717, 1.165) is 151 Å².